The second-order valence-corrected chi connectivity index (χ2v) is 22.6. The number of anilines is 2. The molecule has 3 aliphatic heterocycles. The molecule has 19 heteroatoms. The number of nitrogens with one attached hydrogen (secondary N) is 2. The fraction of sp³-hybridized carbons (Fsp3) is 0.679. The first-order chi connectivity index (χ1) is 35.6. The summed E-state index contributed by atoms with van der Waals surface area (Å²) in [6.07, 6.45) is 10.6. The summed E-state index contributed by atoms with van der Waals surface area (Å²) in [6.45, 7) is 12.5. The zero-order valence-electron chi connectivity index (χ0n) is 45.6. The van der Waals surface area contributed by atoms with E-state index in [1.165, 1.54) is 26.8 Å². The lowest BCUT2D eigenvalue weighted by atomic mass is 9.83. The molecule has 1 unspecified atom stereocenters. The summed E-state index contributed by atoms with van der Waals surface area (Å²) in [5.41, 5.74) is -0.239. The van der Waals surface area contributed by atoms with Crippen molar-refractivity contribution in [1.29, 1.82) is 0 Å². The van der Waals surface area contributed by atoms with E-state index in [1.807, 2.05) is 45.0 Å². The molecule has 2 aliphatic carbocycles. The van der Waals surface area contributed by atoms with Gasteiger partial charge in [-0.25, -0.2) is 19.2 Å². The van der Waals surface area contributed by atoms with Crippen LogP contribution in [0.15, 0.2) is 48.5 Å². The lowest BCUT2D eigenvalue weighted by Gasteiger charge is -2.35. The molecule has 5 aliphatic rings. The molecule has 0 spiro atoms. The van der Waals surface area contributed by atoms with Gasteiger partial charge in [-0.05, 0) is 110 Å². The number of carbonyl (C=O) groups is 6. The van der Waals surface area contributed by atoms with E-state index in [0.717, 1.165) is 64.2 Å². The number of likely N-dealkylation sites (tertiary alicyclic amines) is 1. The van der Waals surface area contributed by atoms with Crippen molar-refractivity contribution in [2.45, 2.75) is 179 Å². The highest BCUT2D eigenvalue weighted by atomic mass is 16.6. The van der Waals surface area contributed by atoms with Gasteiger partial charge in [-0.3, -0.25) is 19.4 Å². The summed E-state index contributed by atoms with van der Waals surface area (Å²) in [5, 5.41) is 24.9. The molecule has 75 heavy (non-hydrogen) atoms. The molecular formula is C56H84N6O13. The van der Waals surface area contributed by atoms with Crippen LogP contribution in [0.4, 0.5) is 21.0 Å². The van der Waals surface area contributed by atoms with Crippen molar-refractivity contribution in [3.05, 3.63) is 48.5 Å². The Morgan fingerprint density at radius 2 is 1.48 bits per heavy atom. The van der Waals surface area contributed by atoms with E-state index in [1.54, 1.807) is 51.9 Å². The number of fused-ring (bicyclic) bond motifs is 4. The number of carbonyl (C=O) groups excluding carboxylic acids is 6. The number of nitrogens with zero attached hydrogens (tertiary/aromatic N) is 4. The summed E-state index contributed by atoms with van der Waals surface area (Å²) in [7, 11) is 3.26. The minimum atomic E-state index is -0.826. The molecule has 2 aromatic rings. The molecular weight excluding hydrogens is 965 g/mol. The summed E-state index contributed by atoms with van der Waals surface area (Å²) in [4.78, 5) is 87.2. The van der Waals surface area contributed by atoms with Crippen molar-refractivity contribution >= 4 is 47.2 Å². The third-order valence-electron chi connectivity index (χ3n) is 14.4. The van der Waals surface area contributed by atoms with Gasteiger partial charge in [0.05, 0.1) is 25.4 Å². The number of urea groups is 2. The summed E-state index contributed by atoms with van der Waals surface area (Å²) in [6, 6.07) is 9.73. The lowest BCUT2D eigenvalue weighted by molar-refractivity contribution is -0.164. The third-order valence-corrected chi connectivity index (χ3v) is 14.4. The highest BCUT2D eigenvalue weighted by Crippen LogP contribution is 2.34. The minimum Gasteiger partial charge on any atom is -0.508 e. The first-order valence-electron chi connectivity index (χ1n) is 27.1. The molecule has 2 aromatic carbocycles. The van der Waals surface area contributed by atoms with E-state index in [2.05, 4.69) is 10.6 Å². The smallest absolute Gasteiger partial charge is 0.329 e. The SMILES string of the molecule is CN(C(=O)N[C@H](C(=O)N1CC(OCCCO)C[C@H]1C(=O)OC(C)(C)C)C1CCCCC1)c1cccc(O)c1.CN1C(=O)N[C@@H](C2CCCCC2)C(=O)N2C[C@@H](C[C@H]2C(=O)OC(C)(C)C)OCCCOc2cccc1c2. The summed E-state index contributed by atoms with van der Waals surface area (Å²) in [5.74, 6) is -0.844. The average molecular weight is 1050 g/mol. The number of benzene rings is 2. The molecule has 4 fully saturated rings. The van der Waals surface area contributed by atoms with Gasteiger partial charge in [0.2, 0.25) is 11.8 Å². The molecule has 3 heterocycles. The van der Waals surface area contributed by atoms with Crippen molar-refractivity contribution in [2.75, 3.05) is 63.4 Å². The van der Waals surface area contributed by atoms with E-state index < -0.39 is 53.3 Å². The normalized spacial score (nSPS) is 23.7. The first-order valence-corrected chi connectivity index (χ1v) is 27.1. The Labute approximate surface area is 443 Å². The van der Waals surface area contributed by atoms with Crippen molar-refractivity contribution in [2.24, 2.45) is 11.8 Å². The van der Waals surface area contributed by atoms with Crippen LogP contribution in [0.1, 0.15) is 131 Å². The van der Waals surface area contributed by atoms with Gasteiger partial charge in [-0.15, -0.1) is 0 Å². The van der Waals surface area contributed by atoms with Crippen LogP contribution in [-0.4, -0.2) is 157 Å². The molecule has 2 saturated carbocycles. The van der Waals surface area contributed by atoms with Crippen molar-refractivity contribution in [1.82, 2.24) is 20.4 Å². The first kappa shape index (κ1) is 58.6. The molecule has 416 valence electrons. The van der Waals surface area contributed by atoms with Crippen molar-refractivity contribution in [3.8, 4) is 11.5 Å². The van der Waals surface area contributed by atoms with Crippen LogP contribution in [0.3, 0.4) is 0 Å². The third kappa shape index (κ3) is 16.9. The van der Waals surface area contributed by atoms with Crippen LogP contribution in [-0.2, 0) is 38.1 Å². The van der Waals surface area contributed by atoms with E-state index in [-0.39, 0.29) is 67.3 Å². The summed E-state index contributed by atoms with van der Waals surface area (Å²) >= 11 is 0. The second kappa shape index (κ2) is 26.9. The number of ether oxygens (including phenoxy) is 5. The molecule has 6 amide bonds. The zero-order valence-corrected chi connectivity index (χ0v) is 45.6. The van der Waals surface area contributed by atoms with Crippen molar-refractivity contribution < 1.29 is 62.7 Å². The van der Waals surface area contributed by atoms with Gasteiger partial charge < -0.3 is 54.3 Å². The predicted molar refractivity (Wildman–Crippen MR) is 282 cm³/mol. The van der Waals surface area contributed by atoms with Crippen LogP contribution in [0.2, 0.25) is 0 Å². The van der Waals surface area contributed by atoms with Gasteiger partial charge in [-0.2, -0.15) is 0 Å². The number of esters is 2. The lowest BCUT2D eigenvalue weighted by Crippen LogP contribution is -2.57. The number of hydrogen-bond acceptors (Lipinski definition) is 13. The number of aromatic hydroxyl groups is 1. The fourth-order valence-electron chi connectivity index (χ4n) is 10.6. The molecule has 19 nitrogen and oxygen atoms in total. The number of aliphatic hydroxyl groups is 1. The molecule has 0 aromatic heterocycles. The largest absolute Gasteiger partial charge is 0.508 e. The van der Waals surface area contributed by atoms with Crippen LogP contribution in [0.25, 0.3) is 0 Å². The Morgan fingerprint density at radius 3 is 2.13 bits per heavy atom. The Balaban J connectivity index is 0.000000244. The van der Waals surface area contributed by atoms with Gasteiger partial charge in [0.15, 0.2) is 0 Å². The number of aliphatic hydroxyl groups excluding tert-OH is 1. The van der Waals surface area contributed by atoms with E-state index in [4.69, 9.17) is 28.8 Å². The van der Waals surface area contributed by atoms with Gasteiger partial charge >= 0.3 is 24.0 Å². The molecule has 4 N–H and O–H groups in total. The maximum absolute atomic E-state index is 14.1. The molecule has 4 bridgehead atoms. The maximum atomic E-state index is 14.1. The topological polar surface area (TPSA) is 226 Å². The number of phenols is 1. The number of amides is 6. The molecule has 0 radical (unpaired) electrons. The fourth-order valence-corrected chi connectivity index (χ4v) is 10.6. The van der Waals surface area contributed by atoms with E-state index in [0.29, 0.717) is 62.6 Å². The van der Waals surface area contributed by atoms with Gasteiger partial charge in [0, 0.05) is 83.2 Å². The van der Waals surface area contributed by atoms with Crippen LogP contribution in [0, 0.1) is 11.8 Å². The van der Waals surface area contributed by atoms with Crippen molar-refractivity contribution in [3.63, 3.8) is 0 Å². The standard InChI is InChI=1S/C28H43N3O7.C28H41N3O6/c1-28(2,3)38-26(35)23-17-22(37-15-9-14-32)18-31(23)25(34)24(19-10-6-5-7-11-19)29-27(36)30(4)20-12-8-13-21(33)16-20;1-28(2,3)37-26(33)23-17-22-18-31(23)25(32)24(19-10-6-5-7-11-19)29-27(34)30(4)20-12-8-13-21(16-20)35-14-9-15-36-22/h8,12-13,16,19,22-24,32-33H,5-7,9-11,14-15,17-18H2,1-4H3,(H,29,36);8,12-13,16,19,22-24H,5-7,9-11,14-15,17-18H2,1-4H3,(H,29,34)/t22?,23-,24-;22-,23+,24+/m01/s1. The molecule has 6 atom stereocenters. The molecule has 7 rings (SSSR count). The quantitative estimate of drug-likeness (QED) is 0.130. The minimum absolute atomic E-state index is 0.00593. The Bertz CT molecular complexity index is 2240. The predicted octanol–water partition coefficient (Wildman–Crippen LogP) is 7.09. The van der Waals surface area contributed by atoms with Crippen LogP contribution >= 0.6 is 0 Å². The molecule has 2 saturated heterocycles. The number of phenolic OH excluding ortho intramolecular Hbond substituents is 1. The highest BCUT2D eigenvalue weighted by Gasteiger charge is 2.48. The average Bonchev–Trinajstić information content (AvgIpc) is 4.01. The zero-order chi connectivity index (χ0) is 54.5. The van der Waals surface area contributed by atoms with E-state index in [9.17, 15) is 33.9 Å². The van der Waals surface area contributed by atoms with Gasteiger partial charge in [-0.1, -0.05) is 50.7 Å². The monoisotopic (exact) mass is 1050 g/mol. The summed E-state index contributed by atoms with van der Waals surface area (Å²) < 4.78 is 29.2. The maximum Gasteiger partial charge on any atom is 0.329 e. The van der Waals surface area contributed by atoms with E-state index >= 15 is 0 Å². The van der Waals surface area contributed by atoms with Gasteiger partial charge in [0.25, 0.3) is 0 Å². The van der Waals surface area contributed by atoms with Gasteiger partial charge in [0.1, 0.15) is 46.9 Å². The number of hydrogen-bond donors (Lipinski definition) is 4. The Hall–Kier alpha value is -5.66. The Morgan fingerprint density at radius 1 is 0.827 bits per heavy atom. The highest BCUT2D eigenvalue weighted by molar-refractivity contribution is 5.98. The second-order valence-electron chi connectivity index (χ2n) is 22.6. The Kier molecular flexibility index (Phi) is 21.0. The van der Waals surface area contributed by atoms with Crippen LogP contribution < -0.4 is 25.2 Å². The van der Waals surface area contributed by atoms with Crippen LogP contribution in [0.5, 0.6) is 11.5 Å². The number of rotatable bonds is 11.